The first-order chi connectivity index (χ1) is 6.08. The van der Waals surface area contributed by atoms with Crippen molar-refractivity contribution in [1.29, 1.82) is 0 Å². The van der Waals surface area contributed by atoms with Crippen molar-refractivity contribution >= 4 is 0 Å². The molecule has 1 aliphatic heterocycles. The van der Waals surface area contributed by atoms with Gasteiger partial charge >= 0.3 is 0 Å². The zero-order valence-electron chi connectivity index (χ0n) is 9.11. The van der Waals surface area contributed by atoms with E-state index in [-0.39, 0.29) is 0 Å². The van der Waals surface area contributed by atoms with Crippen LogP contribution >= 0.6 is 0 Å². The summed E-state index contributed by atoms with van der Waals surface area (Å²) in [6, 6.07) is 0. The van der Waals surface area contributed by atoms with Gasteiger partial charge in [0.25, 0.3) is 0 Å². The Morgan fingerprint density at radius 3 is 2.23 bits per heavy atom. The summed E-state index contributed by atoms with van der Waals surface area (Å²) in [4.78, 5) is 0. The smallest absolute Gasteiger partial charge is 0.0307 e. The SMILES string of the molecule is CCC1(C)CNC(C)(C2CC2)CN1. The Hall–Kier alpha value is -0.0800. The Bertz CT molecular complexity index is 188. The van der Waals surface area contributed by atoms with E-state index < -0.39 is 0 Å². The van der Waals surface area contributed by atoms with Crippen LogP contribution in [-0.4, -0.2) is 24.2 Å². The van der Waals surface area contributed by atoms with Gasteiger partial charge < -0.3 is 10.6 Å². The van der Waals surface area contributed by atoms with Crippen molar-refractivity contribution in [1.82, 2.24) is 10.6 Å². The average molecular weight is 182 g/mol. The lowest BCUT2D eigenvalue weighted by atomic mass is 9.87. The fourth-order valence-electron chi connectivity index (χ4n) is 2.18. The Balaban J connectivity index is 1.94. The molecule has 2 unspecified atom stereocenters. The molecule has 1 aliphatic carbocycles. The average Bonchev–Trinajstić information content (AvgIpc) is 2.94. The molecular weight excluding hydrogens is 160 g/mol. The van der Waals surface area contributed by atoms with Gasteiger partial charge in [-0.3, -0.25) is 0 Å². The van der Waals surface area contributed by atoms with E-state index in [1.165, 1.54) is 19.3 Å². The molecule has 1 saturated carbocycles. The molecule has 2 aliphatic rings. The van der Waals surface area contributed by atoms with E-state index >= 15 is 0 Å². The van der Waals surface area contributed by atoms with Crippen LogP contribution in [0.25, 0.3) is 0 Å². The van der Waals surface area contributed by atoms with Gasteiger partial charge in [-0.1, -0.05) is 6.92 Å². The van der Waals surface area contributed by atoms with Crippen LogP contribution in [-0.2, 0) is 0 Å². The topological polar surface area (TPSA) is 24.1 Å². The highest BCUT2D eigenvalue weighted by Crippen LogP contribution is 2.40. The van der Waals surface area contributed by atoms with E-state index in [0.29, 0.717) is 11.1 Å². The molecule has 2 N–H and O–H groups in total. The molecule has 2 heteroatoms. The van der Waals surface area contributed by atoms with E-state index in [1.54, 1.807) is 0 Å². The first-order valence-corrected chi connectivity index (χ1v) is 5.58. The summed E-state index contributed by atoms with van der Waals surface area (Å²) >= 11 is 0. The molecule has 1 heterocycles. The van der Waals surface area contributed by atoms with Crippen molar-refractivity contribution < 1.29 is 0 Å². The molecule has 0 aromatic rings. The van der Waals surface area contributed by atoms with E-state index in [4.69, 9.17) is 0 Å². The van der Waals surface area contributed by atoms with Gasteiger partial charge in [-0.25, -0.2) is 0 Å². The Morgan fingerprint density at radius 2 is 1.85 bits per heavy atom. The molecule has 0 bridgehead atoms. The van der Waals surface area contributed by atoms with Gasteiger partial charge in [0, 0.05) is 24.2 Å². The first-order valence-electron chi connectivity index (χ1n) is 5.58. The summed E-state index contributed by atoms with van der Waals surface area (Å²) in [6.45, 7) is 9.20. The van der Waals surface area contributed by atoms with E-state index in [9.17, 15) is 0 Å². The van der Waals surface area contributed by atoms with E-state index in [2.05, 4.69) is 31.4 Å². The normalized spacial score (nSPS) is 46.4. The van der Waals surface area contributed by atoms with Crippen LogP contribution in [0.4, 0.5) is 0 Å². The van der Waals surface area contributed by atoms with E-state index in [0.717, 1.165) is 19.0 Å². The van der Waals surface area contributed by atoms with Crippen LogP contribution in [0.15, 0.2) is 0 Å². The summed E-state index contributed by atoms with van der Waals surface area (Å²) in [5.74, 6) is 0.932. The van der Waals surface area contributed by atoms with Gasteiger partial charge in [-0.05, 0) is 39.0 Å². The van der Waals surface area contributed by atoms with Crippen LogP contribution in [0, 0.1) is 5.92 Å². The lowest BCUT2D eigenvalue weighted by molar-refractivity contribution is 0.168. The van der Waals surface area contributed by atoms with Crippen LogP contribution in [0.3, 0.4) is 0 Å². The van der Waals surface area contributed by atoms with Gasteiger partial charge in [0.1, 0.15) is 0 Å². The Morgan fingerprint density at radius 1 is 1.15 bits per heavy atom. The second kappa shape index (κ2) is 2.96. The standard InChI is InChI=1S/C11H22N2/c1-4-10(2)7-13-11(3,8-12-10)9-5-6-9/h9,12-13H,4-8H2,1-3H3. The highest BCUT2D eigenvalue weighted by molar-refractivity contribution is 5.05. The third kappa shape index (κ3) is 1.75. The molecule has 1 saturated heterocycles. The van der Waals surface area contributed by atoms with Crippen molar-refractivity contribution in [2.75, 3.05) is 13.1 Å². The predicted octanol–water partition coefficient (Wildman–Crippen LogP) is 1.52. The fourth-order valence-corrected chi connectivity index (χ4v) is 2.18. The van der Waals surface area contributed by atoms with Crippen LogP contribution < -0.4 is 10.6 Å². The monoisotopic (exact) mass is 182 g/mol. The quantitative estimate of drug-likeness (QED) is 0.676. The number of nitrogens with one attached hydrogen (secondary N) is 2. The summed E-state index contributed by atoms with van der Waals surface area (Å²) in [6.07, 6.45) is 4.06. The zero-order chi connectivity index (χ0) is 9.53. The molecule has 0 amide bonds. The Labute approximate surface area is 81.5 Å². The highest BCUT2D eigenvalue weighted by Gasteiger charge is 2.45. The number of hydrogen-bond acceptors (Lipinski definition) is 2. The summed E-state index contributed by atoms with van der Waals surface area (Å²) in [7, 11) is 0. The Kier molecular flexibility index (Phi) is 2.16. The third-order valence-electron chi connectivity index (χ3n) is 4.02. The molecule has 2 rings (SSSR count). The van der Waals surface area contributed by atoms with Crippen molar-refractivity contribution in [3.8, 4) is 0 Å². The lowest BCUT2D eigenvalue weighted by Gasteiger charge is -2.45. The molecule has 0 spiro atoms. The molecule has 2 atom stereocenters. The molecular formula is C11H22N2. The minimum Gasteiger partial charge on any atom is -0.308 e. The van der Waals surface area contributed by atoms with Crippen molar-refractivity contribution in [2.45, 2.75) is 51.1 Å². The van der Waals surface area contributed by atoms with Gasteiger partial charge in [-0.2, -0.15) is 0 Å². The maximum atomic E-state index is 3.74. The van der Waals surface area contributed by atoms with Crippen LogP contribution in [0.1, 0.15) is 40.0 Å². The maximum Gasteiger partial charge on any atom is 0.0307 e. The third-order valence-corrected chi connectivity index (χ3v) is 4.02. The maximum absolute atomic E-state index is 3.74. The minimum absolute atomic E-state index is 0.328. The highest BCUT2D eigenvalue weighted by atomic mass is 15.2. The van der Waals surface area contributed by atoms with Crippen molar-refractivity contribution in [3.05, 3.63) is 0 Å². The van der Waals surface area contributed by atoms with Gasteiger partial charge in [0.15, 0.2) is 0 Å². The first kappa shape index (κ1) is 9.47. The molecule has 13 heavy (non-hydrogen) atoms. The van der Waals surface area contributed by atoms with Gasteiger partial charge in [0.05, 0.1) is 0 Å². The van der Waals surface area contributed by atoms with Gasteiger partial charge in [0.2, 0.25) is 0 Å². The number of rotatable bonds is 2. The van der Waals surface area contributed by atoms with E-state index in [1.807, 2.05) is 0 Å². The van der Waals surface area contributed by atoms with Crippen molar-refractivity contribution in [3.63, 3.8) is 0 Å². The molecule has 2 nitrogen and oxygen atoms in total. The lowest BCUT2D eigenvalue weighted by Crippen LogP contribution is -2.67. The summed E-state index contributed by atoms with van der Waals surface area (Å²) in [5, 5.41) is 7.43. The van der Waals surface area contributed by atoms with Crippen molar-refractivity contribution in [2.24, 2.45) is 5.92 Å². The largest absolute Gasteiger partial charge is 0.308 e. The summed E-state index contributed by atoms with van der Waals surface area (Å²) < 4.78 is 0. The number of piperazine rings is 1. The molecule has 76 valence electrons. The predicted molar refractivity (Wildman–Crippen MR) is 55.8 cm³/mol. The fraction of sp³-hybridized carbons (Fsp3) is 1.00. The number of hydrogen-bond donors (Lipinski definition) is 2. The summed E-state index contributed by atoms with van der Waals surface area (Å²) in [5.41, 5.74) is 0.711. The van der Waals surface area contributed by atoms with Crippen LogP contribution in [0.2, 0.25) is 0 Å². The molecule has 0 aromatic heterocycles. The molecule has 0 aromatic carbocycles. The van der Waals surface area contributed by atoms with Crippen LogP contribution in [0.5, 0.6) is 0 Å². The second-order valence-electron chi connectivity index (χ2n) is 5.31. The minimum atomic E-state index is 0.328. The van der Waals surface area contributed by atoms with Gasteiger partial charge in [-0.15, -0.1) is 0 Å². The molecule has 2 fully saturated rings. The second-order valence-corrected chi connectivity index (χ2v) is 5.31. The zero-order valence-corrected chi connectivity index (χ0v) is 9.11. The molecule has 0 radical (unpaired) electrons.